The Morgan fingerprint density at radius 1 is 1.25 bits per heavy atom. The highest BCUT2D eigenvalue weighted by atomic mass is 19.4. The van der Waals surface area contributed by atoms with E-state index in [9.17, 15) is 13.2 Å². The first-order valence-electron chi connectivity index (χ1n) is 7.08. The summed E-state index contributed by atoms with van der Waals surface area (Å²) in [4.78, 5) is 1.58. The molecule has 0 aromatic heterocycles. The minimum Gasteiger partial charge on any atom is -0.307 e. The van der Waals surface area contributed by atoms with Gasteiger partial charge < -0.3 is 5.32 Å². The molecule has 5 heteroatoms. The molecule has 1 aliphatic heterocycles. The van der Waals surface area contributed by atoms with Gasteiger partial charge in [-0.15, -0.1) is 0 Å². The van der Waals surface area contributed by atoms with Crippen molar-refractivity contribution >= 4 is 0 Å². The standard InChI is InChI=1S/C15H21F3N2/c1-2-6-13-9-19-14(12-7-4-3-5-8-12)10-20(13)11-15(16,17)18/h3-5,7-8,13-14,19H,2,6,9-11H2,1H3. The van der Waals surface area contributed by atoms with E-state index in [0.29, 0.717) is 13.1 Å². The molecule has 112 valence electrons. The van der Waals surface area contributed by atoms with E-state index in [1.165, 1.54) is 0 Å². The lowest BCUT2D eigenvalue weighted by atomic mass is 9.99. The lowest BCUT2D eigenvalue weighted by molar-refractivity contribution is -0.154. The Kier molecular flexibility index (Phi) is 5.05. The van der Waals surface area contributed by atoms with Crippen LogP contribution in [0.25, 0.3) is 0 Å². The number of benzene rings is 1. The summed E-state index contributed by atoms with van der Waals surface area (Å²) >= 11 is 0. The molecule has 20 heavy (non-hydrogen) atoms. The molecule has 0 radical (unpaired) electrons. The summed E-state index contributed by atoms with van der Waals surface area (Å²) in [7, 11) is 0. The summed E-state index contributed by atoms with van der Waals surface area (Å²) in [6, 6.07) is 9.63. The summed E-state index contributed by atoms with van der Waals surface area (Å²) in [6.07, 6.45) is -2.44. The van der Waals surface area contributed by atoms with Gasteiger partial charge in [0.1, 0.15) is 0 Å². The molecule has 1 aromatic carbocycles. The van der Waals surface area contributed by atoms with Gasteiger partial charge >= 0.3 is 6.18 Å². The first-order chi connectivity index (χ1) is 9.49. The maximum absolute atomic E-state index is 12.7. The second-order valence-electron chi connectivity index (χ2n) is 5.36. The Bertz CT molecular complexity index is 405. The first kappa shape index (κ1) is 15.3. The molecule has 0 aliphatic carbocycles. The van der Waals surface area contributed by atoms with Crippen molar-refractivity contribution in [3.8, 4) is 0 Å². The van der Waals surface area contributed by atoms with Gasteiger partial charge in [0.15, 0.2) is 0 Å². The van der Waals surface area contributed by atoms with Crippen molar-refractivity contribution in [3.63, 3.8) is 0 Å². The van der Waals surface area contributed by atoms with E-state index in [0.717, 1.165) is 18.4 Å². The van der Waals surface area contributed by atoms with Crippen LogP contribution in [0.1, 0.15) is 31.4 Å². The monoisotopic (exact) mass is 286 g/mol. The molecule has 2 unspecified atom stereocenters. The zero-order chi connectivity index (χ0) is 14.6. The normalized spacial score (nSPS) is 24.8. The SMILES string of the molecule is CCCC1CNC(c2ccccc2)CN1CC(F)(F)F. The summed E-state index contributed by atoms with van der Waals surface area (Å²) in [5, 5.41) is 3.38. The maximum atomic E-state index is 12.7. The van der Waals surface area contributed by atoms with Crippen LogP contribution in [0, 0.1) is 0 Å². The molecule has 0 amide bonds. The van der Waals surface area contributed by atoms with Gasteiger partial charge in [-0.1, -0.05) is 43.7 Å². The zero-order valence-corrected chi connectivity index (χ0v) is 11.7. The van der Waals surface area contributed by atoms with Gasteiger partial charge in [-0.05, 0) is 12.0 Å². The highest BCUT2D eigenvalue weighted by molar-refractivity contribution is 5.20. The van der Waals surface area contributed by atoms with Crippen LogP contribution in [0.5, 0.6) is 0 Å². The molecule has 1 fully saturated rings. The van der Waals surface area contributed by atoms with Crippen LogP contribution in [-0.4, -0.2) is 36.8 Å². The Balaban J connectivity index is 2.07. The van der Waals surface area contributed by atoms with Crippen LogP contribution < -0.4 is 5.32 Å². The van der Waals surface area contributed by atoms with E-state index in [2.05, 4.69) is 5.32 Å². The van der Waals surface area contributed by atoms with E-state index < -0.39 is 12.7 Å². The van der Waals surface area contributed by atoms with Crippen molar-refractivity contribution in [1.29, 1.82) is 0 Å². The minimum atomic E-state index is -4.13. The highest BCUT2D eigenvalue weighted by Crippen LogP contribution is 2.26. The smallest absolute Gasteiger partial charge is 0.307 e. The van der Waals surface area contributed by atoms with Crippen LogP contribution in [0.4, 0.5) is 13.2 Å². The van der Waals surface area contributed by atoms with Gasteiger partial charge in [-0.3, -0.25) is 4.90 Å². The Labute approximate surface area is 118 Å². The molecule has 0 bridgehead atoms. The molecule has 2 nitrogen and oxygen atoms in total. The van der Waals surface area contributed by atoms with Gasteiger partial charge in [0.2, 0.25) is 0 Å². The topological polar surface area (TPSA) is 15.3 Å². The third-order valence-corrected chi connectivity index (χ3v) is 3.74. The third-order valence-electron chi connectivity index (χ3n) is 3.74. The first-order valence-corrected chi connectivity index (χ1v) is 7.08. The van der Waals surface area contributed by atoms with E-state index in [4.69, 9.17) is 0 Å². The van der Waals surface area contributed by atoms with Crippen molar-refractivity contribution in [3.05, 3.63) is 35.9 Å². The quantitative estimate of drug-likeness (QED) is 0.913. The highest BCUT2D eigenvalue weighted by Gasteiger charge is 2.37. The van der Waals surface area contributed by atoms with E-state index in [1.807, 2.05) is 37.3 Å². The maximum Gasteiger partial charge on any atom is 0.401 e. The largest absolute Gasteiger partial charge is 0.401 e. The predicted octanol–water partition coefficient (Wildman–Crippen LogP) is 3.36. The molecule has 2 rings (SSSR count). The molecule has 1 saturated heterocycles. The van der Waals surface area contributed by atoms with Crippen molar-refractivity contribution in [1.82, 2.24) is 10.2 Å². The molecule has 1 aliphatic rings. The number of nitrogens with zero attached hydrogens (tertiary/aromatic N) is 1. The minimum absolute atomic E-state index is 0.0216. The van der Waals surface area contributed by atoms with Crippen LogP contribution in [0.15, 0.2) is 30.3 Å². The molecule has 1 heterocycles. The molecule has 2 atom stereocenters. The number of hydrogen-bond donors (Lipinski definition) is 1. The number of halogens is 3. The van der Waals surface area contributed by atoms with Gasteiger partial charge in [-0.25, -0.2) is 0 Å². The third kappa shape index (κ3) is 4.21. The average Bonchev–Trinajstić information content (AvgIpc) is 2.40. The van der Waals surface area contributed by atoms with Crippen molar-refractivity contribution in [2.24, 2.45) is 0 Å². The number of nitrogens with one attached hydrogen (secondary N) is 1. The fourth-order valence-electron chi connectivity index (χ4n) is 2.81. The second kappa shape index (κ2) is 6.59. The van der Waals surface area contributed by atoms with Gasteiger partial charge in [0, 0.05) is 25.2 Å². The van der Waals surface area contributed by atoms with E-state index in [1.54, 1.807) is 4.90 Å². The summed E-state index contributed by atoms with van der Waals surface area (Å²) in [5.74, 6) is 0. The zero-order valence-electron chi connectivity index (χ0n) is 11.7. The lowest BCUT2D eigenvalue weighted by Gasteiger charge is -2.41. The Hall–Kier alpha value is -1.07. The lowest BCUT2D eigenvalue weighted by Crippen LogP contribution is -2.55. The fourth-order valence-corrected chi connectivity index (χ4v) is 2.81. The van der Waals surface area contributed by atoms with Crippen LogP contribution in [0.3, 0.4) is 0 Å². The molecule has 1 aromatic rings. The second-order valence-corrected chi connectivity index (χ2v) is 5.36. The number of rotatable bonds is 4. The molecular weight excluding hydrogens is 265 g/mol. The summed E-state index contributed by atoms with van der Waals surface area (Å²) < 4.78 is 38.2. The number of piperazine rings is 1. The van der Waals surface area contributed by atoms with E-state index in [-0.39, 0.29) is 12.1 Å². The predicted molar refractivity (Wildman–Crippen MR) is 73.5 cm³/mol. The molecule has 1 N–H and O–H groups in total. The number of alkyl halides is 3. The molecule has 0 spiro atoms. The van der Waals surface area contributed by atoms with Crippen LogP contribution >= 0.6 is 0 Å². The van der Waals surface area contributed by atoms with E-state index >= 15 is 0 Å². The molecule has 0 saturated carbocycles. The average molecular weight is 286 g/mol. The summed E-state index contributed by atoms with van der Waals surface area (Å²) in [5.41, 5.74) is 1.05. The van der Waals surface area contributed by atoms with Crippen LogP contribution in [-0.2, 0) is 0 Å². The van der Waals surface area contributed by atoms with Gasteiger partial charge in [0.25, 0.3) is 0 Å². The van der Waals surface area contributed by atoms with Crippen molar-refractivity contribution in [2.45, 2.75) is 38.0 Å². The number of hydrogen-bond acceptors (Lipinski definition) is 2. The van der Waals surface area contributed by atoms with Gasteiger partial charge in [-0.2, -0.15) is 13.2 Å². The van der Waals surface area contributed by atoms with Crippen LogP contribution in [0.2, 0.25) is 0 Å². The Morgan fingerprint density at radius 3 is 2.55 bits per heavy atom. The Morgan fingerprint density at radius 2 is 1.95 bits per heavy atom. The van der Waals surface area contributed by atoms with Gasteiger partial charge in [0.05, 0.1) is 6.54 Å². The van der Waals surface area contributed by atoms with Crippen molar-refractivity contribution < 1.29 is 13.2 Å². The molecular formula is C15H21F3N2. The van der Waals surface area contributed by atoms with Crippen molar-refractivity contribution in [2.75, 3.05) is 19.6 Å². The fraction of sp³-hybridized carbons (Fsp3) is 0.600. The summed E-state index contributed by atoms with van der Waals surface area (Å²) in [6.45, 7) is 2.22.